The van der Waals surface area contributed by atoms with Crippen molar-refractivity contribution in [1.29, 1.82) is 0 Å². The fraction of sp³-hybridized carbons (Fsp3) is 0.0870. The normalized spacial score (nSPS) is 10.6. The van der Waals surface area contributed by atoms with Crippen molar-refractivity contribution in [3.05, 3.63) is 88.4 Å². The van der Waals surface area contributed by atoms with Crippen LogP contribution in [0.4, 0.5) is 23.0 Å². The summed E-state index contributed by atoms with van der Waals surface area (Å²) in [5.74, 6) is 0.540. The van der Waals surface area contributed by atoms with E-state index < -0.39 is 0 Å². The molecule has 9 heteroatoms. The van der Waals surface area contributed by atoms with Crippen LogP contribution in [0, 0.1) is 0 Å². The molecule has 0 saturated heterocycles. The number of aromatic nitrogens is 2. The molecule has 1 aromatic heterocycles. The van der Waals surface area contributed by atoms with Crippen LogP contribution in [0.15, 0.2) is 77.3 Å². The second kappa shape index (κ2) is 9.80. The van der Waals surface area contributed by atoms with Gasteiger partial charge in [-0.1, -0.05) is 48.5 Å². The predicted molar refractivity (Wildman–Crippen MR) is 131 cm³/mol. The molecule has 0 unspecified atom stereocenters. The third-order valence-corrected chi connectivity index (χ3v) is 5.96. The monoisotopic (exact) mass is 509 g/mol. The average Bonchev–Trinajstić information content (AvgIpc) is 3.23. The Kier molecular flexibility index (Phi) is 6.67. The lowest BCUT2D eigenvalue weighted by Gasteiger charge is -2.19. The summed E-state index contributed by atoms with van der Waals surface area (Å²) in [5, 5.41) is 17.1. The van der Waals surface area contributed by atoms with Crippen LogP contribution < -0.4 is 10.6 Å². The van der Waals surface area contributed by atoms with Crippen LogP contribution in [0.2, 0.25) is 0 Å². The maximum atomic E-state index is 13.0. The highest BCUT2D eigenvalue weighted by atomic mass is 79.9. The van der Waals surface area contributed by atoms with Crippen LogP contribution in [0.3, 0.4) is 0 Å². The molecule has 0 bridgehead atoms. The highest BCUT2D eigenvalue weighted by Gasteiger charge is 2.20. The average molecular weight is 510 g/mol. The van der Waals surface area contributed by atoms with Gasteiger partial charge < -0.3 is 20.6 Å². The number of hydrogen-bond acceptors (Lipinski definition) is 7. The molecular formula is C23H20BrN5O2S. The molecule has 1 amide bonds. The van der Waals surface area contributed by atoms with Crippen LogP contribution in [-0.4, -0.2) is 31.7 Å². The zero-order valence-corrected chi connectivity index (χ0v) is 19.5. The standard InChI is InChI=1S/C23H20BrN5O2S/c1-29(14-15-8-3-2-4-9-15)23(31)16-10-7-13-19(20(16)30)26-22-21(27-32-28-22)25-18-12-6-5-11-17(18)24/h2-13,30H,14H2,1H3,(H,25,27)(H,26,28). The van der Waals surface area contributed by atoms with Crippen molar-refractivity contribution in [2.24, 2.45) is 0 Å². The summed E-state index contributed by atoms with van der Waals surface area (Å²) in [7, 11) is 1.71. The maximum Gasteiger partial charge on any atom is 0.257 e. The molecule has 1 heterocycles. The van der Waals surface area contributed by atoms with E-state index in [4.69, 9.17) is 0 Å². The first kappa shape index (κ1) is 21.8. The molecule has 0 atom stereocenters. The Hall–Kier alpha value is -3.43. The van der Waals surface area contributed by atoms with Crippen molar-refractivity contribution in [1.82, 2.24) is 13.6 Å². The second-order valence-electron chi connectivity index (χ2n) is 7.04. The minimum atomic E-state index is -0.280. The molecule has 0 aliphatic carbocycles. The zero-order valence-electron chi connectivity index (χ0n) is 17.1. The van der Waals surface area contributed by atoms with E-state index in [2.05, 4.69) is 35.3 Å². The first-order chi connectivity index (χ1) is 15.5. The Labute approximate surface area is 198 Å². The van der Waals surface area contributed by atoms with Crippen molar-refractivity contribution in [2.45, 2.75) is 6.54 Å². The summed E-state index contributed by atoms with van der Waals surface area (Å²) in [6, 6.07) is 22.4. The van der Waals surface area contributed by atoms with Gasteiger partial charge >= 0.3 is 0 Å². The SMILES string of the molecule is CN(Cc1ccccc1)C(=O)c1cccc(Nc2nsnc2Nc2ccccc2Br)c1O. The van der Waals surface area contributed by atoms with Gasteiger partial charge in [-0.05, 0) is 45.8 Å². The van der Waals surface area contributed by atoms with Crippen LogP contribution >= 0.6 is 27.7 Å². The van der Waals surface area contributed by atoms with E-state index in [1.807, 2.05) is 54.6 Å². The maximum absolute atomic E-state index is 13.0. The lowest BCUT2D eigenvalue weighted by molar-refractivity contribution is 0.0782. The Morgan fingerprint density at radius 2 is 1.56 bits per heavy atom. The van der Waals surface area contributed by atoms with Crippen LogP contribution in [0.1, 0.15) is 15.9 Å². The van der Waals surface area contributed by atoms with Crippen LogP contribution in [0.5, 0.6) is 5.75 Å². The molecule has 0 spiro atoms. The number of carbonyl (C=O) groups is 1. The summed E-state index contributed by atoms with van der Waals surface area (Å²) >= 11 is 4.53. The van der Waals surface area contributed by atoms with Gasteiger partial charge in [0.2, 0.25) is 0 Å². The number of anilines is 4. The van der Waals surface area contributed by atoms with E-state index in [-0.39, 0.29) is 17.2 Å². The molecule has 4 rings (SSSR count). The van der Waals surface area contributed by atoms with Gasteiger partial charge in [0.1, 0.15) is 0 Å². The topological polar surface area (TPSA) is 90.4 Å². The lowest BCUT2D eigenvalue weighted by atomic mass is 10.1. The first-order valence-electron chi connectivity index (χ1n) is 9.75. The Morgan fingerprint density at radius 3 is 2.28 bits per heavy atom. The third kappa shape index (κ3) is 4.90. The molecule has 0 aliphatic rings. The molecule has 4 aromatic rings. The molecule has 0 fully saturated rings. The molecule has 32 heavy (non-hydrogen) atoms. The smallest absolute Gasteiger partial charge is 0.257 e. The number of rotatable bonds is 7. The van der Waals surface area contributed by atoms with E-state index >= 15 is 0 Å². The summed E-state index contributed by atoms with van der Waals surface area (Å²) in [6.07, 6.45) is 0. The number of phenolic OH excluding ortho intramolecular Hbond substituents is 1. The molecule has 0 radical (unpaired) electrons. The third-order valence-electron chi connectivity index (χ3n) is 4.74. The van der Waals surface area contributed by atoms with Gasteiger partial charge in [-0.3, -0.25) is 4.79 Å². The van der Waals surface area contributed by atoms with Crippen molar-refractivity contribution in [2.75, 3.05) is 17.7 Å². The van der Waals surface area contributed by atoms with E-state index in [0.29, 0.717) is 23.9 Å². The van der Waals surface area contributed by atoms with E-state index in [9.17, 15) is 9.90 Å². The number of aromatic hydroxyl groups is 1. The lowest BCUT2D eigenvalue weighted by Crippen LogP contribution is -2.26. The molecule has 3 N–H and O–H groups in total. The first-order valence-corrected chi connectivity index (χ1v) is 11.3. The Morgan fingerprint density at radius 1 is 0.938 bits per heavy atom. The summed E-state index contributed by atoms with van der Waals surface area (Å²) in [4.78, 5) is 14.5. The number of amides is 1. The molecular weight excluding hydrogens is 490 g/mol. The van der Waals surface area contributed by atoms with E-state index in [1.54, 1.807) is 30.1 Å². The Balaban J connectivity index is 1.53. The fourth-order valence-corrected chi connectivity index (χ4v) is 3.97. The number of hydrogen-bond donors (Lipinski definition) is 3. The van der Waals surface area contributed by atoms with E-state index in [0.717, 1.165) is 27.5 Å². The number of nitrogens with zero attached hydrogens (tertiary/aromatic N) is 3. The second-order valence-corrected chi connectivity index (χ2v) is 8.42. The Bertz CT molecular complexity index is 1230. The number of phenols is 1. The number of benzene rings is 3. The van der Waals surface area contributed by atoms with Crippen molar-refractivity contribution in [3.63, 3.8) is 0 Å². The number of carbonyl (C=O) groups excluding carboxylic acids is 1. The van der Waals surface area contributed by atoms with E-state index in [1.165, 1.54) is 0 Å². The van der Waals surface area contributed by atoms with Crippen molar-refractivity contribution >= 4 is 56.6 Å². The predicted octanol–water partition coefficient (Wildman–Crippen LogP) is 5.77. The summed E-state index contributed by atoms with van der Waals surface area (Å²) in [5.41, 5.74) is 2.41. The molecule has 0 saturated carbocycles. The quantitative estimate of drug-likeness (QED) is 0.274. The van der Waals surface area contributed by atoms with Crippen molar-refractivity contribution < 1.29 is 9.90 Å². The van der Waals surface area contributed by atoms with Crippen LogP contribution in [-0.2, 0) is 6.54 Å². The van der Waals surface area contributed by atoms with Gasteiger partial charge in [0.05, 0.1) is 28.7 Å². The number of halogens is 1. The summed E-state index contributed by atoms with van der Waals surface area (Å²) < 4.78 is 9.45. The van der Waals surface area contributed by atoms with Gasteiger partial charge in [0.25, 0.3) is 5.91 Å². The van der Waals surface area contributed by atoms with Gasteiger partial charge in [0, 0.05) is 18.1 Å². The summed E-state index contributed by atoms with van der Waals surface area (Å²) in [6.45, 7) is 0.437. The van der Waals surface area contributed by atoms with Gasteiger partial charge in [0.15, 0.2) is 17.4 Å². The highest BCUT2D eigenvalue weighted by molar-refractivity contribution is 9.10. The molecule has 162 valence electrons. The number of nitrogens with one attached hydrogen (secondary N) is 2. The van der Waals surface area contributed by atoms with Gasteiger partial charge in [-0.15, -0.1) is 0 Å². The minimum absolute atomic E-state index is 0.141. The molecule has 7 nitrogen and oxygen atoms in total. The molecule has 3 aromatic carbocycles. The minimum Gasteiger partial charge on any atom is -0.505 e. The highest BCUT2D eigenvalue weighted by Crippen LogP contribution is 2.34. The molecule has 0 aliphatic heterocycles. The zero-order chi connectivity index (χ0) is 22.5. The van der Waals surface area contributed by atoms with Gasteiger partial charge in [-0.2, -0.15) is 8.75 Å². The van der Waals surface area contributed by atoms with Gasteiger partial charge in [-0.25, -0.2) is 0 Å². The largest absolute Gasteiger partial charge is 0.505 e. The number of para-hydroxylation sites is 2. The van der Waals surface area contributed by atoms with Crippen LogP contribution in [0.25, 0.3) is 0 Å². The van der Waals surface area contributed by atoms with Crippen molar-refractivity contribution in [3.8, 4) is 5.75 Å². The fourth-order valence-electron chi connectivity index (χ4n) is 3.12.